The van der Waals surface area contributed by atoms with Gasteiger partial charge in [-0.25, -0.2) is 0 Å². The molecule has 0 unspecified atom stereocenters. The molecule has 14 heavy (non-hydrogen) atoms. The van der Waals surface area contributed by atoms with Crippen molar-refractivity contribution in [2.24, 2.45) is 0 Å². The number of hydrogen-bond donors (Lipinski definition) is 0. The van der Waals surface area contributed by atoms with Crippen LogP contribution in [0.25, 0.3) is 0 Å². The maximum absolute atomic E-state index is 11.6. The Morgan fingerprint density at radius 3 is 2.93 bits per heavy atom. The Labute approximate surface area is 98.9 Å². The van der Waals surface area contributed by atoms with E-state index in [4.69, 9.17) is 4.74 Å². The first-order chi connectivity index (χ1) is 6.68. The largest absolute Gasteiger partial charge is 0.493 e. The lowest BCUT2D eigenvalue weighted by molar-refractivity contribution is 0.101. The molecule has 1 aromatic carbocycles. The highest BCUT2D eigenvalue weighted by molar-refractivity contribution is 9.25. The first kappa shape index (κ1) is 10.2. The predicted molar refractivity (Wildman–Crippen MR) is 61.6 cm³/mol. The molecule has 4 heteroatoms. The van der Waals surface area contributed by atoms with Crippen LogP contribution in [0.3, 0.4) is 0 Å². The molecule has 0 aliphatic carbocycles. The van der Waals surface area contributed by atoms with Gasteiger partial charge in [-0.2, -0.15) is 0 Å². The molecule has 0 fully saturated rings. The Hall–Kier alpha value is -0.350. The third-order valence-corrected chi connectivity index (χ3v) is 3.00. The molecule has 1 heterocycles. The molecule has 1 aliphatic rings. The Kier molecular flexibility index (Phi) is 2.93. The average molecular weight is 320 g/mol. The van der Waals surface area contributed by atoms with Crippen LogP contribution >= 0.6 is 31.9 Å². The van der Waals surface area contributed by atoms with Crippen molar-refractivity contribution in [3.8, 4) is 5.75 Å². The zero-order chi connectivity index (χ0) is 10.1. The lowest BCUT2D eigenvalue weighted by Crippen LogP contribution is -2.07. The van der Waals surface area contributed by atoms with E-state index >= 15 is 0 Å². The summed E-state index contributed by atoms with van der Waals surface area (Å²) in [5, 5.41) is 0. The number of rotatable bonds is 2. The normalized spacial score (nSPS) is 13.9. The van der Waals surface area contributed by atoms with E-state index in [0.717, 1.165) is 24.3 Å². The van der Waals surface area contributed by atoms with Crippen molar-refractivity contribution in [1.29, 1.82) is 0 Å². The Morgan fingerprint density at radius 2 is 2.21 bits per heavy atom. The van der Waals surface area contributed by atoms with E-state index in [9.17, 15) is 4.79 Å². The minimum Gasteiger partial charge on any atom is -0.493 e. The number of carbonyl (C=O) groups excluding carboxylic acids is 1. The third kappa shape index (κ3) is 1.86. The molecule has 2 rings (SSSR count). The van der Waals surface area contributed by atoms with Gasteiger partial charge in [-0.1, -0.05) is 31.9 Å². The van der Waals surface area contributed by atoms with Gasteiger partial charge in [0.25, 0.3) is 0 Å². The van der Waals surface area contributed by atoms with E-state index in [2.05, 4.69) is 31.9 Å². The number of ether oxygens (including phenoxy) is 1. The fourth-order valence-electron chi connectivity index (χ4n) is 1.47. The summed E-state index contributed by atoms with van der Waals surface area (Å²) < 4.78 is 5.05. The number of alkyl halides is 2. The van der Waals surface area contributed by atoms with Crippen molar-refractivity contribution in [2.75, 3.05) is 6.61 Å². The Bertz CT molecular complexity index is 374. The van der Waals surface area contributed by atoms with Crippen molar-refractivity contribution in [3.63, 3.8) is 0 Å². The molecule has 0 atom stereocenters. The highest BCUT2D eigenvalue weighted by Gasteiger charge is 2.17. The summed E-state index contributed by atoms with van der Waals surface area (Å²) in [4.78, 5) is 11.6. The quantitative estimate of drug-likeness (QED) is 0.619. The fraction of sp³-hybridized carbons (Fsp3) is 0.300. The molecule has 0 saturated carbocycles. The van der Waals surface area contributed by atoms with Gasteiger partial charge in [0.2, 0.25) is 0 Å². The van der Waals surface area contributed by atoms with Crippen molar-refractivity contribution in [2.45, 2.75) is 10.2 Å². The number of Topliss-reactive ketones (excluding diaryl/α,β-unsaturated/α-hetero) is 1. The van der Waals surface area contributed by atoms with E-state index in [1.54, 1.807) is 6.07 Å². The van der Waals surface area contributed by atoms with Crippen LogP contribution in [0.1, 0.15) is 15.9 Å². The third-order valence-electron chi connectivity index (χ3n) is 2.17. The van der Waals surface area contributed by atoms with Crippen LogP contribution < -0.4 is 4.74 Å². The van der Waals surface area contributed by atoms with Crippen LogP contribution in [-0.2, 0) is 6.42 Å². The van der Waals surface area contributed by atoms with Crippen LogP contribution in [-0.4, -0.2) is 16.1 Å². The smallest absolute Gasteiger partial charge is 0.187 e. The number of fused-ring (bicyclic) bond motifs is 1. The highest BCUT2D eigenvalue weighted by Crippen LogP contribution is 2.27. The molecule has 0 spiro atoms. The van der Waals surface area contributed by atoms with E-state index in [1.165, 1.54) is 0 Å². The first-order valence-electron chi connectivity index (χ1n) is 4.26. The number of halogens is 2. The highest BCUT2D eigenvalue weighted by atomic mass is 79.9. The van der Waals surface area contributed by atoms with Crippen LogP contribution in [0.15, 0.2) is 18.2 Å². The summed E-state index contributed by atoms with van der Waals surface area (Å²) >= 11 is 6.39. The molecule has 74 valence electrons. The van der Waals surface area contributed by atoms with Gasteiger partial charge in [0, 0.05) is 12.0 Å². The minimum atomic E-state index is -0.310. The molecule has 0 N–H and O–H groups in total. The maximum atomic E-state index is 11.6. The van der Waals surface area contributed by atoms with Gasteiger partial charge in [-0.3, -0.25) is 4.79 Å². The van der Waals surface area contributed by atoms with Crippen LogP contribution in [0.5, 0.6) is 5.75 Å². The van der Waals surface area contributed by atoms with Crippen molar-refractivity contribution in [3.05, 3.63) is 29.3 Å². The average Bonchev–Trinajstić information content (AvgIpc) is 2.62. The predicted octanol–water partition coefficient (Wildman–Crippen LogP) is 2.92. The van der Waals surface area contributed by atoms with Crippen LogP contribution in [0, 0.1) is 0 Å². The van der Waals surface area contributed by atoms with E-state index < -0.39 is 0 Å². The molecule has 0 amide bonds. The Morgan fingerprint density at radius 1 is 1.43 bits per heavy atom. The number of benzene rings is 1. The first-order valence-corrected chi connectivity index (χ1v) is 6.09. The van der Waals surface area contributed by atoms with Crippen molar-refractivity contribution < 1.29 is 9.53 Å². The summed E-state index contributed by atoms with van der Waals surface area (Å²) in [5.74, 6) is 0.946. The van der Waals surface area contributed by atoms with Gasteiger partial charge in [-0.15, -0.1) is 0 Å². The standard InChI is InChI=1S/C10H8Br2O2/c11-10(12)9(13)7-1-2-8-6(5-7)3-4-14-8/h1-2,5,10H,3-4H2. The lowest BCUT2D eigenvalue weighted by Gasteiger charge is -2.03. The van der Waals surface area contributed by atoms with E-state index in [-0.39, 0.29) is 9.52 Å². The van der Waals surface area contributed by atoms with Gasteiger partial charge in [0.1, 0.15) is 9.49 Å². The summed E-state index contributed by atoms with van der Waals surface area (Å²) in [7, 11) is 0. The number of carbonyl (C=O) groups is 1. The summed E-state index contributed by atoms with van der Waals surface area (Å²) in [5.41, 5.74) is 1.84. The summed E-state index contributed by atoms with van der Waals surface area (Å²) in [6.07, 6.45) is 0.895. The van der Waals surface area contributed by atoms with Crippen molar-refractivity contribution >= 4 is 37.6 Å². The van der Waals surface area contributed by atoms with Gasteiger partial charge >= 0.3 is 0 Å². The molecule has 1 aliphatic heterocycles. The molecule has 0 radical (unpaired) electrons. The molecule has 0 saturated heterocycles. The monoisotopic (exact) mass is 318 g/mol. The SMILES string of the molecule is O=C(c1ccc2c(c1)CCO2)C(Br)Br. The van der Waals surface area contributed by atoms with Crippen molar-refractivity contribution in [1.82, 2.24) is 0 Å². The summed E-state index contributed by atoms with van der Waals surface area (Å²) in [6.45, 7) is 0.721. The van der Waals surface area contributed by atoms with E-state index in [0.29, 0.717) is 5.56 Å². The minimum absolute atomic E-state index is 0.0414. The lowest BCUT2D eigenvalue weighted by atomic mass is 10.1. The van der Waals surface area contributed by atoms with Gasteiger partial charge in [-0.05, 0) is 23.8 Å². The van der Waals surface area contributed by atoms with E-state index in [1.807, 2.05) is 12.1 Å². The second-order valence-electron chi connectivity index (χ2n) is 3.09. The number of ketones is 1. The molecule has 1 aromatic rings. The second kappa shape index (κ2) is 4.03. The molecule has 0 aromatic heterocycles. The summed E-state index contributed by atoms with van der Waals surface area (Å²) in [6, 6.07) is 5.56. The molecule has 0 bridgehead atoms. The molecular formula is C10H8Br2O2. The van der Waals surface area contributed by atoms with Gasteiger partial charge in [0.15, 0.2) is 5.78 Å². The maximum Gasteiger partial charge on any atom is 0.187 e. The molecular weight excluding hydrogens is 312 g/mol. The second-order valence-corrected chi connectivity index (χ2v) is 6.15. The molecule has 2 nitrogen and oxygen atoms in total. The van der Waals surface area contributed by atoms with Gasteiger partial charge < -0.3 is 4.74 Å². The number of hydrogen-bond acceptors (Lipinski definition) is 2. The Balaban J connectivity index is 2.33. The zero-order valence-electron chi connectivity index (χ0n) is 7.30. The topological polar surface area (TPSA) is 26.3 Å². The fourth-order valence-corrected chi connectivity index (χ4v) is 1.99. The van der Waals surface area contributed by atoms with Crippen LogP contribution in [0.4, 0.5) is 0 Å². The zero-order valence-corrected chi connectivity index (χ0v) is 10.5. The van der Waals surface area contributed by atoms with Crippen LogP contribution in [0.2, 0.25) is 0 Å². The van der Waals surface area contributed by atoms with Gasteiger partial charge in [0.05, 0.1) is 6.61 Å².